The fraction of sp³-hybridized carbons (Fsp3) is 0.438. The highest BCUT2D eigenvalue weighted by Gasteiger charge is 2.32. The summed E-state index contributed by atoms with van der Waals surface area (Å²) in [5, 5.41) is 0. The lowest BCUT2D eigenvalue weighted by atomic mass is 10.0. The average molecular weight is 672 g/mol. The molecule has 0 radical (unpaired) electrons. The lowest BCUT2D eigenvalue weighted by molar-refractivity contribution is -0.274. The number of rotatable bonds is 12. The van der Waals surface area contributed by atoms with E-state index < -0.39 is 38.6 Å². The third-order valence-corrected chi connectivity index (χ3v) is 7.07. The van der Waals surface area contributed by atoms with Crippen LogP contribution in [0.3, 0.4) is 0 Å². The van der Waals surface area contributed by atoms with Crippen LogP contribution in [0.5, 0.6) is 23.0 Å². The molecule has 9 nitrogen and oxygen atoms in total. The highest BCUT2D eigenvalue weighted by atomic mass is 19.4. The van der Waals surface area contributed by atoms with E-state index in [4.69, 9.17) is 18.9 Å². The maximum atomic E-state index is 13.1. The first kappa shape index (κ1) is 35.3. The largest absolute Gasteiger partial charge is 0.573 e. The van der Waals surface area contributed by atoms with Gasteiger partial charge in [0, 0.05) is 43.1 Å². The first-order valence-electron chi connectivity index (χ1n) is 14.6. The van der Waals surface area contributed by atoms with Gasteiger partial charge in [-0.3, -0.25) is 4.98 Å². The summed E-state index contributed by atoms with van der Waals surface area (Å²) < 4.78 is 102. The van der Waals surface area contributed by atoms with Crippen LogP contribution < -0.4 is 23.8 Å². The van der Waals surface area contributed by atoms with Crippen LogP contribution in [-0.4, -0.2) is 67.7 Å². The molecule has 0 bridgehead atoms. The van der Waals surface area contributed by atoms with Crippen molar-refractivity contribution in [2.45, 2.75) is 58.2 Å². The smallest absolute Gasteiger partial charge is 0.459 e. The Hall–Kier alpha value is -4.56. The second-order valence-corrected chi connectivity index (χ2v) is 11.5. The Morgan fingerprint density at radius 3 is 2.02 bits per heavy atom. The zero-order valence-corrected chi connectivity index (χ0v) is 26.0. The Morgan fingerprint density at radius 1 is 0.894 bits per heavy atom. The van der Waals surface area contributed by atoms with Crippen LogP contribution in [0, 0.1) is 0 Å². The lowest BCUT2D eigenvalue weighted by Gasteiger charge is -2.40. The molecule has 1 aromatic heterocycles. The maximum absolute atomic E-state index is 13.1. The second kappa shape index (κ2) is 15.4. The highest BCUT2D eigenvalue weighted by Crippen LogP contribution is 2.42. The molecule has 1 aliphatic heterocycles. The maximum Gasteiger partial charge on any atom is 0.573 e. The molecule has 2 heterocycles. The van der Waals surface area contributed by atoms with E-state index in [1.54, 1.807) is 37.8 Å². The van der Waals surface area contributed by atoms with Gasteiger partial charge in [-0.1, -0.05) is 0 Å². The van der Waals surface area contributed by atoms with Crippen molar-refractivity contribution in [3.63, 3.8) is 0 Å². The molecule has 2 aromatic carbocycles. The van der Waals surface area contributed by atoms with E-state index in [9.17, 15) is 31.1 Å². The van der Waals surface area contributed by atoms with Crippen LogP contribution in [-0.2, 0) is 11.3 Å². The van der Waals surface area contributed by atoms with Crippen LogP contribution in [0.15, 0.2) is 54.7 Å². The Labute approximate surface area is 267 Å². The number of anilines is 1. The minimum Gasteiger partial charge on any atom is -0.459 e. The molecule has 0 aliphatic carbocycles. The predicted molar refractivity (Wildman–Crippen MR) is 160 cm³/mol. The van der Waals surface area contributed by atoms with E-state index in [1.165, 1.54) is 42.6 Å². The molecular formula is C32H35F6N3O6. The van der Waals surface area contributed by atoms with Gasteiger partial charge >= 0.3 is 12.5 Å². The van der Waals surface area contributed by atoms with Gasteiger partial charge in [-0.05, 0) is 87.7 Å². The summed E-state index contributed by atoms with van der Waals surface area (Å²) in [4.78, 5) is 20.7. The van der Waals surface area contributed by atoms with Gasteiger partial charge in [0.25, 0.3) is 0 Å². The first-order chi connectivity index (χ1) is 22.3. The Bertz CT molecular complexity index is 1450. The number of ether oxygens (including phenoxy) is 5. The van der Waals surface area contributed by atoms with Gasteiger partial charge in [0.2, 0.25) is 26.3 Å². The molecule has 1 saturated heterocycles. The molecule has 4 rings (SSSR count). The van der Waals surface area contributed by atoms with E-state index in [0.29, 0.717) is 42.9 Å². The van der Waals surface area contributed by atoms with E-state index in [0.717, 1.165) is 5.56 Å². The van der Waals surface area contributed by atoms with Gasteiger partial charge in [-0.25, -0.2) is 18.0 Å². The standard InChI is InChI=1S/C32H35F6N3O6/c1-31(2,3)47-30(42)40-12-9-24(10-13-40)41(23-4-6-25(7-5-23)46-32(36,37)38)17-21-8-11-39-26(14-21)22-15-27(43-18-33)29(45-20-35)28(16-22)44-19-34/h4-8,11,14-16,24H,9-10,12-13,17-20H2,1-3H3. The number of carbonyl (C=O) groups is 1. The van der Waals surface area contributed by atoms with Crippen LogP contribution in [0.1, 0.15) is 39.2 Å². The zero-order chi connectivity index (χ0) is 34.2. The summed E-state index contributed by atoms with van der Waals surface area (Å²) >= 11 is 0. The SMILES string of the molecule is CC(C)(C)OC(=O)N1CCC(N(Cc2ccnc(-c3cc(OCF)c(OCF)c(OCF)c3)c2)c2ccc(OC(F)(F)F)cc2)CC1. The molecule has 0 atom stereocenters. The molecule has 0 unspecified atom stereocenters. The van der Waals surface area contributed by atoms with Gasteiger partial charge in [0.1, 0.15) is 11.4 Å². The number of nitrogens with zero attached hydrogens (tertiary/aromatic N) is 3. The minimum absolute atomic E-state index is 0.120. The van der Waals surface area contributed by atoms with E-state index >= 15 is 0 Å². The van der Waals surface area contributed by atoms with Crippen LogP contribution in [0.4, 0.5) is 36.8 Å². The van der Waals surface area contributed by atoms with Gasteiger partial charge in [0.05, 0.1) is 5.69 Å². The van der Waals surface area contributed by atoms with Crippen molar-refractivity contribution in [1.29, 1.82) is 0 Å². The van der Waals surface area contributed by atoms with Gasteiger partial charge < -0.3 is 33.5 Å². The van der Waals surface area contributed by atoms with Gasteiger partial charge in [-0.15, -0.1) is 13.2 Å². The summed E-state index contributed by atoms with van der Waals surface area (Å²) in [5.74, 6) is -1.13. The van der Waals surface area contributed by atoms with Gasteiger partial charge in [0.15, 0.2) is 11.5 Å². The number of likely N-dealkylation sites (tertiary alicyclic amines) is 1. The monoisotopic (exact) mass is 671 g/mol. The van der Waals surface area contributed by atoms with Crippen molar-refractivity contribution >= 4 is 11.8 Å². The van der Waals surface area contributed by atoms with Crippen molar-refractivity contribution < 1.29 is 54.8 Å². The summed E-state index contributed by atoms with van der Waals surface area (Å²) in [7, 11) is 0. The Morgan fingerprint density at radius 2 is 1.49 bits per heavy atom. The van der Waals surface area contributed by atoms with Crippen LogP contribution in [0.2, 0.25) is 0 Å². The number of aromatic nitrogens is 1. The molecule has 1 amide bonds. The fourth-order valence-corrected chi connectivity index (χ4v) is 5.14. The van der Waals surface area contributed by atoms with Crippen LogP contribution >= 0.6 is 0 Å². The lowest BCUT2D eigenvalue weighted by Crippen LogP contribution is -2.48. The normalized spacial score (nSPS) is 14.0. The number of carbonyl (C=O) groups excluding carboxylic acids is 1. The van der Waals surface area contributed by atoms with Crippen molar-refractivity contribution in [1.82, 2.24) is 9.88 Å². The number of hydrogen-bond donors (Lipinski definition) is 0. The predicted octanol–water partition coefficient (Wildman–Crippen LogP) is 7.97. The Balaban J connectivity index is 1.64. The highest BCUT2D eigenvalue weighted by molar-refractivity contribution is 5.69. The summed E-state index contributed by atoms with van der Waals surface area (Å²) in [6.07, 6.45) is -2.66. The van der Waals surface area contributed by atoms with Crippen molar-refractivity contribution in [3.05, 3.63) is 60.3 Å². The number of halogens is 6. The molecule has 15 heteroatoms. The number of amides is 1. The summed E-state index contributed by atoms with van der Waals surface area (Å²) in [6.45, 7) is 2.57. The van der Waals surface area contributed by atoms with Crippen LogP contribution in [0.25, 0.3) is 11.3 Å². The molecule has 3 aromatic rings. The molecule has 1 aliphatic rings. The molecule has 1 fully saturated rings. The topological polar surface area (TPSA) is 82.6 Å². The second-order valence-electron chi connectivity index (χ2n) is 11.5. The van der Waals surface area contributed by atoms with E-state index in [2.05, 4.69) is 9.72 Å². The summed E-state index contributed by atoms with van der Waals surface area (Å²) in [5.41, 5.74) is 1.37. The van der Waals surface area contributed by atoms with Crippen molar-refractivity contribution in [2.75, 3.05) is 38.6 Å². The number of piperidine rings is 1. The quantitative estimate of drug-likeness (QED) is 0.180. The zero-order valence-electron chi connectivity index (χ0n) is 26.0. The summed E-state index contributed by atoms with van der Waals surface area (Å²) in [6, 6.07) is 11.5. The Kier molecular flexibility index (Phi) is 11.5. The number of hydrogen-bond acceptors (Lipinski definition) is 8. The fourth-order valence-electron chi connectivity index (χ4n) is 5.14. The molecule has 256 valence electrons. The van der Waals surface area contributed by atoms with Crippen molar-refractivity contribution in [2.24, 2.45) is 0 Å². The minimum atomic E-state index is -4.84. The first-order valence-corrected chi connectivity index (χ1v) is 14.6. The van der Waals surface area contributed by atoms with Crippen molar-refractivity contribution in [3.8, 4) is 34.3 Å². The third-order valence-electron chi connectivity index (χ3n) is 7.07. The number of pyridine rings is 1. The molecule has 47 heavy (non-hydrogen) atoms. The number of benzene rings is 2. The van der Waals surface area contributed by atoms with E-state index in [-0.39, 0.29) is 35.6 Å². The molecular weight excluding hydrogens is 636 g/mol. The number of alkyl halides is 6. The van der Waals surface area contributed by atoms with Gasteiger partial charge in [-0.2, -0.15) is 0 Å². The van der Waals surface area contributed by atoms with E-state index in [1.807, 2.05) is 4.90 Å². The molecule has 0 N–H and O–H groups in total. The average Bonchev–Trinajstić information content (AvgIpc) is 3.01. The third kappa shape index (κ3) is 9.96. The molecule has 0 saturated carbocycles. The molecule has 0 spiro atoms.